The zero-order chi connectivity index (χ0) is 21.9. The molecule has 0 fully saturated rings. The van der Waals surface area contributed by atoms with Crippen molar-refractivity contribution >= 4 is 65.1 Å². The van der Waals surface area contributed by atoms with E-state index in [0.29, 0.717) is 5.69 Å². The van der Waals surface area contributed by atoms with Crippen LogP contribution in [-0.2, 0) is 10.0 Å². The number of carbonyl (C=O) groups excluding carboxylic acids is 1. The van der Waals surface area contributed by atoms with Crippen LogP contribution in [0.4, 0.5) is 11.4 Å². The predicted molar refractivity (Wildman–Crippen MR) is 120 cm³/mol. The van der Waals surface area contributed by atoms with Crippen molar-refractivity contribution in [2.75, 3.05) is 10.0 Å². The second-order valence-electron chi connectivity index (χ2n) is 6.10. The number of anilines is 2. The molecule has 3 rings (SSSR count). The number of hydrogen-bond acceptors (Lipinski definition) is 4. The quantitative estimate of drug-likeness (QED) is 0.399. The number of amides is 1. The molecule has 1 amide bonds. The summed E-state index contributed by atoms with van der Waals surface area (Å²) >= 11 is 6.50. The highest BCUT2D eigenvalue weighted by atomic mass is 79.9. The third kappa shape index (κ3) is 5.26. The van der Waals surface area contributed by atoms with Gasteiger partial charge in [-0.2, -0.15) is 0 Å². The number of nitrogens with one attached hydrogen (secondary N) is 2. The van der Waals surface area contributed by atoms with Crippen molar-refractivity contribution in [2.24, 2.45) is 0 Å². The van der Waals surface area contributed by atoms with Crippen LogP contribution in [0, 0.1) is 0 Å². The summed E-state index contributed by atoms with van der Waals surface area (Å²) < 4.78 is 29.1. The van der Waals surface area contributed by atoms with Gasteiger partial charge in [0, 0.05) is 25.9 Å². The fraction of sp³-hybridized carbons (Fsp3) is 0. The zero-order valence-electron chi connectivity index (χ0n) is 15.1. The van der Waals surface area contributed by atoms with Crippen molar-refractivity contribution in [3.05, 3.63) is 86.8 Å². The molecule has 0 bridgehead atoms. The molecule has 0 unspecified atom stereocenters. The Morgan fingerprint density at radius 3 is 2.20 bits per heavy atom. The molecule has 154 valence electrons. The average molecular weight is 554 g/mol. The Labute approximate surface area is 189 Å². The molecule has 3 aromatic carbocycles. The molecular weight excluding hydrogens is 540 g/mol. The summed E-state index contributed by atoms with van der Waals surface area (Å²) in [5.41, 5.74) is 0.725. The molecule has 0 atom stereocenters. The fourth-order valence-electron chi connectivity index (χ4n) is 2.51. The first kappa shape index (κ1) is 22.0. The van der Waals surface area contributed by atoms with Gasteiger partial charge in [-0.15, -0.1) is 0 Å². The molecular formula is C20H14Br2N2O5S. The predicted octanol–water partition coefficient (Wildman–Crippen LogP) is 4.96. The third-order valence-electron chi connectivity index (χ3n) is 3.95. The van der Waals surface area contributed by atoms with Gasteiger partial charge in [0.2, 0.25) is 0 Å². The number of benzene rings is 3. The lowest BCUT2D eigenvalue weighted by molar-refractivity contribution is 0.0696. The highest BCUT2D eigenvalue weighted by molar-refractivity contribution is 9.10. The smallest absolute Gasteiger partial charge is 0.335 e. The summed E-state index contributed by atoms with van der Waals surface area (Å²) in [5, 5.41) is 11.8. The van der Waals surface area contributed by atoms with E-state index in [2.05, 4.69) is 41.9 Å². The van der Waals surface area contributed by atoms with Gasteiger partial charge in [0.15, 0.2) is 0 Å². The van der Waals surface area contributed by atoms with Gasteiger partial charge in [0.05, 0.1) is 5.56 Å². The number of aromatic carboxylic acids is 1. The number of hydrogen-bond donors (Lipinski definition) is 3. The van der Waals surface area contributed by atoms with E-state index in [1.165, 1.54) is 42.5 Å². The lowest BCUT2D eigenvalue weighted by atomic mass is 10.2. The number of rotatable bonds is 6. The minimum Gasteiger partial charge on any atom is -0.478 e. The molecule has 0 aromatic heterocycles. The summed E-state index contributed by atoms with van der Waals surface area (Å²) in [6.07, 6.45) is 0. The van der Waals surface area contributed by atoms with E-state index in [0.717, 1.165) is 4.47 Å². The van der Waals surface area contributed by atoms with Gasteiger partial charge < -0.3 is 10.4 Å². The molecule has 3 aromatic rings. The van der Waals surface area contributed by atoms with Crippen molar-refractivity contribution in [3.63, 3.8) is 0 Å². The first-order chi connectivity index (χ1) is 14.2. The zero-order valence-corrected chi connectivity index (χ0v) is 19.1. The summed E-state index contributed by atoms with van der Waals surface area (Å²) in [7, 11) is -4.10. The van der Waals surface area contributed by atoms with Crippen molar-refractivity contribution in [3.8, 4) is 0 Å². The van der Waals surface area contributed by atoms with Crippen LogP contribution in [0.5, 0.6) is 0 Å². The maximum atomic E-state index is 12.8. The molecule has 0 aliphatic rings. The topological polar surface area (TPSA) is 113 Å². The third-order valence-corrected chi connectivity index (χ3v) is 6.85. The molecule has 7 nitrogen and oxygen atoms in total. The van der Waals surface area contributed by atoms with E-state index in [1.807, 2.05) is 0 Å². The van der Waals surface area contributed by atoms with Gasteiger partial charge in [-0.1, -0.05) is 22.0 Å². The molecule has 10 heteroatoms. The number of sulfonamides is 1. The maximum Gasteiger partial charge on any atom is 0.335 e. The van der Waals surface area contributed by atoms with Crippen LogP contribution in [-0.4, -0.2) is 25.4 Å². The van der Waals surface area contributed by atoms with E-state index in [1.54, 1.807) is 24.3 Å². The second-order valence-corrected chi connectivity index (χ2v) is 9.52. The number of carboxylic acids is 1. The van der Waals surface area contributed by atoms with Crippen LogP contribution >= 0.6 is 31.9 Å². The molecule has 0 heterocycles. The number of carbonyl (C=O) groups is 2. The summed E-state index contributed by atoms with van der Waals surface area (Å²) in [5.74, 6) is -1.65. The van der Waals surface area contributed by atoms with Gasteiger partial charge in [-0.3, -0.25) is 9.52 Å². The Hall–Kier alpha value is -2.69. The van der Waals surface area contributed by atoms with Crippen molar-refractivity contribution in [2.45, 2.75) is 4.90 Å². The molecule has 0 aliphatic heterocycles. The van der Waals surface area contributed by atoms with Gasteiger partial charge in [-0.25, -0.2) is 13.2 Å². The monoisotopic (exact) mass is 552 g/mol. The van der Waals surface area contributed by atoms with E-state index in [4.69, 9.17) is 5.11 Å². The first-order valence-corrected chi connectivity index (χ1v) is 11.5. The van der Waals surface area contributed by atoms with Crippen LogP contribution in [0.25, 0.3) is 0 Å². The Bertz CT molecular complexity index is 1230. The SMILES string of the molecule is O=C(O)c1cccc(NS(=O)(=O)c2cc(C(=O)Nc3ccc(Br)cc3)ccc2Br)c1. The largest absolute Gasteiger partial charge is 0.478 e. The summed E-state index contributed by atoms with van der Waals surface area (Å²) in [6.45, 7) is 0. The van der Waals surface area contributed by atoms with E-state index in [9.17, 15) is 18.0 Å². The molecule has 0 radical (unpaired) electrons. The Kier molecular flexibility index (Phi) is 6.59. The summed E-state index contributed by atoms with van der Waals surface area (Å²) in [4.78, 5) is 23.5. The van der Waals surface area contributed by atoms with Crippen molar-refractivity contribution in [1.82, 2.24) is 0 Å². The van der Waals surface area contributed by atoms with E-state index >= 15 is 0 Å². The molecule has 0 saturated heterocycles. The van der Waals surface area contributed by atoms with E-state index in [-0.39, 0.29) is 26.2 Å². The van der Waals surface area contributed by atoms with Crippen LogP contribution in [0.2, 0.25) is 0 Å². The fourth-order valence-corrected chi connectivity index (χ4v) is 4.82. The first-order valence-electron chi connectivity index (χ1n) is 8.38. The number of carboxylic acid groups (broad SMARTS) is 1. The van der Waals surface area contributed by atoms with Gasteiger partial charge in [0.25, 0.3) is 15.9 Å². The Balaban J connectivity index is 1.88. The molecule has 3 N–H and O–H groups in total. The highest BCUT2D eigenvalue weighted by Gasteiger charge is 2.21. The van der Waals surface area contributed by atoms with E-state index < -0.39 is 21.9 Å². The molecule has 0 aliphatic carbocycles. The molecule has 0 spiro atoms. The average Bonchev–Trinajstić information content (AvgIpc) is 2.69. The second kappa shape index (κ2) is 8.99. The van der Waals surface area contributed by atoms with Crippen molar-refractivity contribution < 1.29 is 23.1 Å². The normalized spacial score (nSPS) is 11.0. The van der Waals surface area contributed by atoms with Crippen molar-refractivity contribution in [1.29, 1.82) is 0 Å². The molecule has 30 heavy (non-hydrogen) atoms. The Morgan fingerprint density at radius 2 is 1.53 bits per heavy atom. The standard InChI is InChI=1S/C20H14Br2N2O5S/c21-14-5-7-15(8-6-14)23-19(25)12-4-9-17(22)18(11-12)30(28,29)24-16-3-1-2-13(10-16)20(26)27/h1-11,24H,(H,23,25)(H,26,27). The Morgan fingerprint density at radius 1 is 0.833 bits per heavy atom. The van der Waals surface area contributed by atoms with Gasteiger partial charge in [-0.05, 0) is 76.6 Å². The van der Waals surface area contributed by atoms with Gasteiger partial charge >= 0.3 is 5.97 Å². The lowest BCUT2D eigenvalue weighted by Gasteiger charge is -2.12. The minimum absolute atomic E-state index is 0.0584. The molecule has 0 saturated carbocycles. The summed E-state index contributed by atoms with van der Waals surface area (Å²) in [6, 6.07) is 16.5. The van der Waals surface area contributed by atoms with Crippen LogP contribution < -0.4 is 10.0 Å². The maximum absolute atomic E-state index is 12.8. The van der Waals surface area contributed by atoms with Crippen LogP contribution in [0.1, 0.15) is 20.7 Å². The van der Waals surface area contributed by atoms with Gasteiger partial charge in [0.1, 0.15) is 4.90 Å². The minimum atomic E-state index is -4.10. The number of halogens is 2. The van der Waals surface area contributed by atoms with Crippen LogP contribution in [0.3, 0.4) is 0 Å². The highest BCUT2D eigenvalue weighted by Crippen LogP contribution is 2.26. The van der Waals surface area contributed by atoms with Crippen LogP contribution in [0.15, 0.2) is 80.6 Å². The lowest BCUT2D eigenvalue weighted by Crippen LogP contribution is -2.16.